The predicted molar refractivity (Wildman–Crippen MR) is 82.7 cm³/mol. The van der Waals surface area contributed by atoms with Gasteiger partial charge in [0.1, 0.15) is 5.82 Å². The fraction of sp³-hybridized carbons (Fsp3) is 0.471. The molecule has 1 aliphatic rings. The Balaban J connectivity index is 1.53. The van der Waals surface area contributed by atoms with Crippen LogP contribution in [0.25, 0.3) is 0 Å². The molecule has 0 spiro atoms. The van der Waals surface area contributed by atoms with E-state index in [0.717, 1.165) is 31.6 Å². The van der Waals surface area contributed by atoms with Gasteiger partial charge in [0.15, 0.2) is 0 Å². The van der Waals surface area contributed by atoms with Crippen molar-refractivity contribution in [2.75, 3.05) is 13.6 Å². The molecule has 4 nitrogen and oxygen atoms in total. The molecule has 0 bridgehead atoms. The van der Waals surface area contributed by atoms with Crippen LogP contribution in [0.15, 0.2) is 36.7 Å². The van der Waals surface area contributed by atoms with E-state index in [-0.39, 0.29) is 6.61 Å². The van der Waals surface area contributed by atoms with Crippen LogP contribution in [0, 0.1) is 5.92 Å². The number of benzene rings is 1. The Morgan fingerprint density at radius 1 is 1.29 bits per heavy atom. The number of fused-ring (bicyclic) bond motifs is 1. The number of imidazole rings is 1. The molecular weight excluding hydrogens is 262 g/mol. The molecule has 0 saturated carbocycles. The highest BCUT2D eigenvalue weighted by Crippen LogP contribution is 2.20. The van der Waals surface area contributed by atoms with Crippen molar-refractivity contribution in [2.45, 2.75) is 32.5 Å². The van der Waals surface area contributed by atoms with Crippen LogP contribution in [0.2, 0.25) is 0 Å². The maximum absolute atomic E-state index is 9.07. The molecule has 112 valence electrons. The van der Waals surface area contributed by atoms with Gasteiger partial charge in [-0.2, -0.15) is 0 Å². The summed E-state index contributed by atoms with van der Waals surface area (Å²) in [6, 6.07) is 8.22. The van der Waals surface area contributed by atoms with E-state index < -0.39 is 0 Å². The zero-order valence-corrected chi connectivity index (χ0v) is 12.6. The number of aromatic nitrogens is 2. The first-order chi connectivity index (χ1) is 10.2. The Bertz CT molecular complexity index is 576. The molecule has 1 atom stereocenters. The third kappa shape index (κ3) is 3.52. The van der Waals surface area contributed by atoms with Gasteiger partial charge in [0, 0.05) is 38.4 Å². The SMILES string of the molecule is CN(Cc1ccc(CO)cc1)C[C@@H]1CCc2nccn2C1. The molecule has 0 radical (unpaired) electrons. The van der Waals surface area contributed by atoms with Crippen molar-refractivity contribution >= 4 is 0 Å². The summed E-state index contributed by atoms with van der Waals surface area (Å²) in [7, 11) is 2.18. The minimum atomic E-state index is 0.117. The first-order valence-electron chi connectivity index (χ1n) is 7.62. The highest BCUT2D eigenvalue weighted by atomic mass is 16.3. The van der Waals surface area contributed by atoms with E-state index in [2.05, 4.69) is 39.8 Å². The standard InChI is InChI=1S/C17H23N3O/c1-19(10-14-2-4-15(13-21)5-3-14)11-16-6-7-17-18-8-9-20(17)12-16/h2-5,8-9,16,21H,6-7,10-13H2,1H3/t16-/m0/s1. The van der Waals surface area contributed by atoms with E-state index >= 15 is 0 Å². The molecule has 0 amide bonds. The molecule has 0 unspecified atom stereocenters. The minimum Gasteiger partial charge on any atom is -0.392 e. The minimum absolute atomic E-state index is 0.117. The van der Waals surface area contributed by atoms with Crippen molar-refractivity contribution in [3.63, 3.8) is 0 Å². The molecule has 4 heteroatoms. The summed E-state index contributed by atoms with van der Waals surface area (Å²) in [5.41, 5.74) is 2.27. The molecular formula is C17H23N3O. The molecule has 21 heavy (non-hydrogen) atoms. The maximum atomic E-state index is 9.07. The van der Waals surface area contributed by atoms with Crippen molar-refractivity contribution < 1.29 is 5.11 Å². The molecule has 1 aromatic heterocycles. The van der Waals surface area contributed by atoms with Crippen LogP contribution in [-0.4, -0.2) is 33.1 Å². The highest BCUT2D eigenvalue weighted by Gasteiger charge is 2.19. The summed E-state index contributed by atoms with van der Waals surface area (Å²) in [6.45, 7) is 3.27. The predicted octanol–water partition coefficient (Wildman–Crippen LogP) is 2.07. The van der Waals surface area contributed by atoms with Crippen LogP contribution < -0.4 is 0 Å². The lowest BCUT2D eigenvalue weighted by Gasteiger charge is -2.28. The fourth-order valence-corrected chi connectivity index (χ4v) is 3.15. The molecule has 1 aromatic carbocycles. The summed E-state index contributed by atoms with van der Waals surface area (Å²) in [4.78, 5) is 6.77. The first kappa shape index (κ1) is 14.3. The fourth-order valence-electron chi connectivity index (χ4n) is 3.15. The molecule has 2 aromatic rings. The average Bonchev–Trinajstić information content (AvgIpc) is 2.95. The summed E-state index contributed by atoms with van der Waals surface area (Å²) in [5, 5.41) is 9.07. The third-order valence-electron chi connectivity index (χ3n) is 4.26. The first-order valence-corrected chi connectivity index (χ1v) is 7.62. The van der Waals surface area contributed by atoms with Crippen molar-refractivity contribution in [1.29, 1.82) is 0 Å². The maximum Gasteiger partial charge on any atom is 0.108 e. The number of nitrogens with zero attached hydrogens (tertiary/aromatic N) is 3. The number of aliphatic hydroxyl groups excluding tert-OH is 1. The van der Waals surface area contributed by atoms with Crippen molar-refractivity contribution in [3.8, 4) is 0 Å². The van der Waals surface area contributed by atoms with Gasteiger partial charge >= 0.3 is 0 Å². The van der Waals surface area contributed by atoms with Gasteiger partial charge in [-0.3, -0.25) is 0 Å². The van der Waals surface area contributed by atoms with Gasteiger partial charge in [0.25, 0.3) is 0 Å². The lowest BCUT2D eigenvalue weighted by atomic mass is 9.98. The number of rotatable bonds is 5. The number of aliphatic hydroxyl groups is 1. The monoisotopic (exact) mass is 285 g/mol. The van der Waals surface area contributed by atoms with Gasteiger partial charge in [-0.25, -0.2) is 4.98 Å². The second kappa shape index (κ2) is 6.41. The Hall–Kier alpha value is -1.65. The quantitative estimate of drug-likeness (QED) is 0.914. The topological polar surface area (TPSA) is 41.3 Å². The van der Waals surface area contributed by atoms with Crippen molar-refractivity contribution in [3.05, 3.63) is 53.6 Å². The van der Waals surface area contributed by atoms with Gasteiger partial charge in [0.05, 0.1) is 6.61 Å². The van der Waals surface area contributed by atoms with Crippen LogP contribution in [0.5, 0.6) is 0 Å². The van der Waals surface area contributed by atoms with E-state index in [0.29, 0.717) is 5.92 Å². The third-order valence-corrected chi connectivity index (χ3v) is 4.26. The van der Waals surface area contributed by atoms with Crippen molar-refractivity contribution in [1.82, 2.24) is 14.5 Å². The Morgan fingerprint density at radius 2 is 2.05 bits per heavy atom. The summed E-state index contributed by atoms with van der Waals surface area (Å²) < 4.78 is 2.29. The van der Waals surface area contributed by atoms with E-state index in [1.165, 1.54) is 17.8 Å². The van der Waals surface area contributed by atoms with Crippen LogP contribution in [0.1, 0.15) is 23.4 Å². The lowest BCUT2D eigenvalue weighted by molar-refractivity contribution is 0.229. The smallest absolute Gasteiger partial charge is 0.108 e. The molecule has 1 N–H and O–H groups in total. The Labute approximate surface area is 126 Å². The van der Waals surface area contributed by atoms with Crippen LogP contribution in [-0.2, 0) is 26.1 Å². The molecule has 0 fully saturated rings. The van der Waals surface area contributed by atoms with E-state index in [1.54, 1.807) is 0 Å². The normalized spacial score (nSPS) is 18.0. The zero-order chi connectivity index (χ0) is 14.7. The number of hydrogen-bond donors (Lipinski definition) is 1. The van der Waals surface area contributed by atoms with Crippen molar-refractivity contribution in [2.24, 2.45) is 5.92 Å². The molecule has 0 saturated heterocycles. The van der Waals surface area contributed by atoms with Gasteiger partial charge < -0.3 is 14.6 Å². The molecule has 2 heterocycles. The molecule has 1 aliphatic heterocycles. The average molecular weight is 285 g/mol. The van der Waals surface area contributed by atoms with Gasteiger partial charge in [-0.05, 0) is 30.5 Å². The second-order valence-corrected chi connectivity index (χ2v) is 6.07. The number of hydrogen-bond acceptors (Lipinski definition) is 3. The van der Waals surface area contributed by atoms with E-state index in [9.17, 15) is 0 Å². The van der Waals surface area contributed by atoms with Gasteiger partial charge in [-0.1, -0.05) is 24.3 Å². The highest BCUT2D eigenvalue weighted by molar-refractivity contribution is 5.21. The van der Waals surface area contributed by atoms with Crippen LogP contribution in [0.3, 0.4) is 0 Å². The second-order valence-electron chi connectivity index (χ2n) is 6.07. The largest absolute Gasteiger partial charge is 0.392 e. The zero-order valence-electron chi connectivity index (χ0n) is 12.6. The summed E-state index contributed by atoms with van der Waals surface area (Å²) >= 11 is 0. The van der Waals surface area contributed by atoms with E-state index in [1.807, 2.05) is 18.3 Å². The lowest BCUT2D eigenvalue weighted by Crippen LogP contribution is -2.31. The molecule has 0 aliphatic carbocycles. The van der Waals surface area contributed by atoms with E-state index in [4.69, 9.17) is 5.11 Å². The van der Waals surface area contributed by atoms with Gasteiger partial charge in [-0.15, -0.1) is 0 Å². The van der Waals surface area contributed by atoms with Crippen LogP contribution in [0.4, 0.5) is 0 Å². The summed E-state index contributed by atoms with van der Waals surface area (Å²) in [6.07, 6.45) is 6.32. The van der Waals surface area contributed by atoms with Crippen LogP contribution >= 0.6 is 0 Å². The summed E-state index contributed by atoms with van der Waals surface area (Å²) in [5.74, 6) is 1.93. The molecule has 3 rings (SSSR count). The van der Waals surface area contributed by atoms with Gasteiger partial charge in [0.2, 0.25) is 0 Å². The number of aryl methyl sites for hydroxylation is 1. The Morgan fingerprint density at radius 3 is 2.81 bits per heavy atom. The Kier molecular flexibility index (Phi) is 4.36.